The van der Waals surface area contributed by atoms with Gasteiger partial charge in [-0.1, -0.05) is 6.92 Å². The monoisotopic (exact) mass is 306 g/mol. The SMILES string of the molecule is CCc1nc(CCNC(=O)CCc2n[nH]c(C)c2C)cs1. The Morgan fingerprint density at radius 2 is 2.19 bits per heavy atom. The van der Waals surface area contributed by atoms with Crippen LogP contribution in [-0.2, 0) is 24.1 Å². The van der Waals surface area contributed by atoms with Gasteiger partial charge in [0.2, 0.25) is 5.91 Å². The van der Waals surface area contributed by atoms with Crippen molar-refractivity contribution >= 4 is 17.2 Å². The third-order valence-corrected chi connectivity index (χ3v) is 4.59. The van der Waals surface area contributed by atoms with Gasteiger partial charge in [0.25, 0.3) is 0 Å². The van der Waals surface area contributed by atoms with E-state index in [1.807, 2.05) is 13.8 Å². The molecule has 5 nitrogen and oxygen atoms in total. The Morgan fingerprint density at radius 3 is 2.81 bits per heavy atom. The first-order valence-electron chi connectivity index (χ1n) is 7.30. The van der Waals surface area contributed by atoms with Crippen LogP contribution in [0.25, 0.3) is 0 Å². The standard InChI is InChI=1S/C15H22N4OS/c1-4-15-17-12(9-21-15)7-8-16-14(20)6-5-13-10(2)11(3)18-19-13/h9H,4-8H2,1-3H3,(H,16,20)(H,18,19). The van der Waals surface area contributed by atoms with E-state index in [0.29, 0.717) is 19.4 Å². The van der Waals surface area contributed by atoms with E-state index in [9.17, 15) is 4.79 Å². The number of carbonyl (C=O) groups is 1. The van der Waals surface area contributed by atoms with E-state index in [-0.39, 0.29) is 5.91 Å². The predicted molar refractivity (Wildman–Crippen MR) is 84.6 cm³/mol. The minimum Gasteiger partial charge on any atom is -0.356 e. The average molecular weight is 306 g/mol. The number of aromatic nitrogens is 3. The summed E-state index contributed by atoms with van der Waals surface area (Å²) < 4.78 is 0. The van der Waals surface area contributed by atoms with Gasteiger partial charge in [0, 0.05) is 36.9 Å². The minimum atomic E-state index is 0.0704. The van der Waals surface area contributed by atoms with Crippen molar-refractivity contribution in [3.05, 3.63) is 33.0 Å². The summed E-state index contributed by atoms with van der Waals surface area (Å²) in [6.45, 7) is 6.76. The van der Waals surface area contributed by atoms with Crippen LogP contribution in [-0.4, -0.2) is 27.6 Å². The molecule has 0 aliphatic carbocycles. The van der Waals surface area contributed by atoms with Crippen LogP contribution in [0.15, 0.2) is 5.38 Å². The molecular weight excluding hydrogens is 284 g/mol. The van der Waals surface area contributed by atoms with Crippen LogP contribution in [0, 0.1) is 13.8 Å². The number of H-pyrrole nitrogens is 1. The predicted octanol–water partition coefficient (Wildman–Crippen LogP) is 2.34. The number of thiazole rings is 1. The van der Waals surface area contributed by atoms with Crippen molar-refractivity contribution in [2.45, 2.75) is 46.5 Å². The topological polar surface area (TPSA) is 70.7 Å². The molecule has 1 amide bonds. The Morgan fingerprint density at radius 1 is 1.38 bits per heavy atom. The fourth-order valence-electron chi connectivity index (χ4n) is 2.06. The lowest BCUT2D eigenvalue weighted by molar-refractivity contribution is -0.121. The molecule has 2 heterocycles. The molecule has 0 radical (unpaired) electrons. The summed E-state index contributed by atoms with van der Waals surface area (Å²) in [4.78, 5) is 16.3. The highest BCUT2D eigenvalue weighted by molar-refractivity contribution is 7.09. The Kier molecular flexibility index (Phi) is 5.50. The Hall–Kier alpha value is -1.69. The zero-order valence-electron chi connectivity index (χ0n) is 12.8. The third kappa shape index (κ3) is 4.39. The van der Waals surface area contributed by atoms with Crippen molar-refractivity contribution in [2.24, 2.45) is 0 Å². The van der Waals surface area contributed by atoms with Gasteiger partial charge in [0.05, 0.1) is 16.4 Å². The molecular formula is C15H22N4OS. The molecule has 0 bridgehead atoms. The summed E-state index contributed by atoms with van der Waals surface area (Å²) >= 11 is 1.68. The summed E-state index contributed by atoms with van der Waals surface area (Å²) in [7, 11) is 0. The molecule has 2 aromatic rings. The maximum Gasteiger partial charge on any atom is 0.220 e. The number of hydrogen-bond donors (Lipinski definition) is 2. The van der Waals surface area contributed by atoms with Gasteiger partial charge in [0.15, 0.2) is 0 Å². The van der Waals surface area contributed by atoms with Crippen LogP contribution in [0.4, 0.5) is 0 Å². The Balaban J connectivity index is 1.69. The zero-order valence-corrected chi connectivity index (χ0v) is 13.6. The lowest BCUT2D eigenvalue weighted by Gasteiger charge is -2.03. The van der Waals surface area contributed by atoms with Gasteiger partial charge in [-0.05, 0) is 25.8 Å². The molecule has 2 N–H and O–H groups in total. The molecule has 0 aliphatic heterocycles. The first-order valence-corrected chi connectivity index (χ1v) is 8.18. The second kappa shape index (κ2) is 7.36. The van der Waals surface area contributed by atoms with Crippen molar-refractivity contribution in [3.63, 3.8) is 0 Å². The van der Waals surface area contributed by atoms with Gasteiger partial charge < -0.3 is 5.32 Å². The summed E-state index contributed by atoms with van der Waals surface area (Å²) in [5, 5.41) is 13.3. The lowest BCUT2D eigenvalue weighted by Crippen LogP contribution is -2.26. The van der Waals surface area contributed by atoms with Gasteiger partial charge in [-0.15, -0.1) is 11.3 Å². The van der Waals surface area contributed by atoms with E-state index < -0.39 is 0 Å². The molecule has 0 aliphatic rings. The van der Waals surface area contributed by atoms with E-state index >= 15 is 0 Å². The Labute approximate surface area is 129 Å². The zero-order chi connectivity index (χ0) is 15.2. The molecule has 2 aromatic heterocycles. The molecule has 0 fully saturated rings. The number of hydrogen-bond acceptors (Lipinski definition) is 4. The summed E-state index contributed by atoms with van der Waals surface area (Å²) in [6.07, 6.45) is 2.92. The van der Waals surface area contributed by atoms with Gasteiger partial charge in [-0.25, -0.2) is 4.98 Å². The van der Waals surface area contributed by atoms with Gasteiger partial charge in [-0.2, -0.15) is 5.10 Å². The molecule has 0 unspecified atom stereocenters. The highest BCUT2D eigenvalue weighted by Gasteiger charge is 2.08. The van der Waals surface area contributed by atoms with E-state index in [2.05, 4.69) is 32.8 Å². The molecule has 21 heavy (non-hydrogen) atoms. The number of aromatic amines is 1. The lowest BCUT2D eigenvalue weighted by atomic mass is 10.1. The molecule has 0 saturated heterocycles. The van der Waals surface area contributed by atoms with Crippen LogP contribution in [0.1, 0.15) is 41.0 Å². The maximum absolute atomic E-state index is 11.8. The van der Waals surface area contributed by atoms with Crippen molar-refractivity contribution in [1.82, 2.24) is 20.5 Å². The van der Waals surface area contributed by atoms with Gasteiger partial charge >= 0.3 is 0 Å². The smallest absolute Gasteiger partial charge is 0.220 e. The normalized spacial score (nSPS) is 10.8. The molecule has 0 aromatic carbocycles. The Bertz CT molecular complexity index is 603. The highest BCUT2D eigenvalue weighted by Crippen LogP contribution is 2.11. The van der Waals surface area contributed by atoms with Gasteiger partial charge in [-0.3, -0.25) is 9.89 Å². The first kappa shape index (κ1) is 15.7. The van der Waals surface area contributed by atoms with Crippen LogP contribution in [0.2, 0.25) is 0 Å². The van der Waals surface area contributed by atoms with Crippen molar-refractivity contribution in [1.29, 1.82) is 0 Å². The summed E-state index contributed by atoms with van der Waals surface area (Å²) in [5.41, 5.74) is 4.27. The molecule has 114 valence electrons. The van der Waals surface area contributed by atoms with Crippen molar-refractivity contribution < 1.29 is 4.79 Å². The summed E-state index contributed by atoms with van der Waals surface area (Å²) in [6, 6.07) is 0. The largest absolute Gasteiger partial charge is 0.356 e. The fraction of sp³-hybridized carbons (Fsp3) is 0.533. The maximum atomic E-state index is 11.8. The molecule has 6 heteroatoms. The number of rotatable bonds is 7. The average Bonchev–Trinajstić information content (AvgIpc) is 3.05. The van der Waals surface area contributed by atoms with Crippen LogP contribution >= 0.6 is 11.3 Å². The number of aryl methyl sites for hydroxylation is 3. The first-order chi connectivity index (χ1) is 10.1. The molecule has 2 rings (SSSR count). The third-order valence-electron chi connectivity index (χ3n) is 3.55. The van der Waals surface area contributed by atoms with Crippen molar-refractivity contribution in [2.75, 3.05) is 6.54 Å². The molecule has 0 atom stereocenters. The van der Waals surface area contributed by atoms with E-state index in [1.165, 1.54) is 0 Å². The van der Waals surface area contributed by atoms with Crippen LogP contribution in [0.3, 0.4) is 0 Å². The quantitative estimate of drug-likeness (QED) is 0.825. The second-order valence-electron chi connectivity index (χ2n) is 5.11. The van der Waals surface area contributed by atoms with Gasteiger partial charge in [0.1, 0.15) is 0 Å². The van der Waals surface area contributed by atoms with Crippen molar-refractivity contribution in [3.8, 4) is 0 Å². The number of nitrogens with zero attached hydrogens (tertiary/aromatic N) is 2. The van der Waals surface area contributed by atoms with Crippen LogP contribution in [0.5, 0.6) is 0 Å². The number of nitrogens with one attached hydrogen (secondary N) is 2. The van der Waals surface area contributed by atoms with E-state index in [1.54, 1.807) is 11.3 Å². The minimum absolute atomic E-state index is 0.0704. The summed E-state index contributed by atoms with van der Waals surface area (Å²) in [5.74, 6) is 0.0704. The van der Waals surface area contributed by atoms with E-state index in [4.69, 9.17) is 0 Å². The fourth-order valence-corrected chi connectivity index (χ4v) is 2.83. The number of carbonyl (C=O) groups excluding carboxylic acids is 1. The molecule has 0 saturated carbocycles. The molecule has 0 spiro atoms. The second-order valence-corrected chi connectivity index (χ2v) is 6.05. The number of amides is 1. The highest BCUT2D eigenvalue weighted by atomic mass is 32.1. The van der Waals surface area contributed by atoms with Crippen LogP contribution < -0.4 is 5.32 Å². The van der Waals surface area contributed by atoms with E-state index in [0.717, 1.165) is 40.5 Å².